The highest BCUT2D eigenvalue weighted by Crippen LogP contribution is 2.40. The standard InChI is InChI=1S/C17H20N6O7S2/c18-17-20-12(22-32-17)9(21-30-8-2-1-3-29-5-8)13(25)19-10-14(26)23-11(16(27)28)7(4-24)6-31-15(10)23/h8,10,15,24H,1-6H2,(H,19,25)(H,27,28)(H2,18,20,22)/b21-9-/t8?,10-,15-/m1/s1. The summed E-state index contributed by atoms with van der Waals surface area (Å²) < 4.78 is 9.33. The second-order valence-corrected chi connectivity index (χ2v) is 9.01. The summed E-state index contributed by atoms with van der Waals surface area (Å²) in [5.74, 6) is -2.51. The van der Waals surface area contributed by atoms with E-state index >= 15 is 0 Å². The highest BCUT2D eigenvalue weighted by atomic mass is 32.2. The Morgan fingerprint density at radius 2 is 2.25 bits per heavy atom. The Balaban J connectivity index is 1.51. The van der Waals surface area contributed by atoms with Gasteiger partial charge in [-0.2, -0.15) is 9.36 Å². The first-order valence-corrected chi connectivity index (χ1v) is 11.5. The van der Waals surface area contributed by atoms with E-state index in [1.807, 2.05) is 0 Å². The van der Waals surface area contributed by atoms with Crippen LogP contribution in [-0.2, 0) is 24.0 Å². The molecule has 0 saturated carbocycles. The van der Waals surface area contributed by atoms with Gasteiger partial charge in [-0.05, 0) is 18.4 Å². The molecule has 3 aliphatic rings. The lowest BCUT2D eigenvalue weighted by atomic mass is 10.0. The van der Waals surface area contributed by atoms with Crippen molar-refractivity contribution in [3.63, 3.8) is 0 Å². The Bertz CT molecular complexity index is 990. The number of nitrogen functional groups attached to an aromatic ring is 1. The molecule has 1 aromatic rings. The average molecular weight is 485 g/mol. The van der Waals surface area contributed by atoms with Gasteiger partial charge in [0.1, 0.15) is 17.1 Å². The van der Waals surface area contributed by atoms with Crippen LogP contribution in [0, 0.1) is 0 Å². The first kappa shape index (κ1) is 22.4. The van der Waals surface area contributed by atoms with Crippen LogP contribution in [0.1, 0.15) is 18.7 Å². The molecule has 172 valence electrons. The van der Waals surface area contributed by atoms with Crippen LogP contribution < -0.4 is 11.1 Å². The molecule has 3 atom stereocenters. The highest BCUT2D eigenvalue weighted by Gasteiger charge is 2.54. The SMILES string of the molecule is Nc1nc(/C(=N/OC2CCCOC2)C(=O)N[C@@H]2C(=O)N3C(C(=O)O)=C(CO)CS[C@H]23)ns1. The molecule has 4 heterocycles. The molecule has 4 rings (SSSR count). The van der Waals surface area contributed by atoms with Crippen molar-refractivity contribution in [2.45, 2.75) is 30.4 Å². The second-order valence-electron chi connectivity index (χ2n) is 7.12. The van der Waals surface area contributed by atoms with Gasteiger partial charge in [-0.25, -0.2) is 4.79 Å². The average Bonchev–Trinajstić information content (AvgIpc) is 3.22. The lowest BCUT2D eigenvalue weighted by molar-refractivity contribution is -0.150. The van der Waals surface area contributed by atoms with E-state index in [4.69, 9.17) is 15.3 Å². The smallest absolute Gasteiger partial charge is 0.352 e. The molecule has 15 heteroatoms. The number of aliphatic hydroxyl groups excluding tert-OH is 1. The van der Waals surface area contributed by atoms with Gasteiger partial charge in [0.25, 0.3) is 11.8 Å². The quantitative estimate of drug-likeness (QED) is 0.205. The maximum absolute atomic E-state index is 13.0. The van der Waals surface area contributed by atoms with Crippen LogP contribution in [-0.4, -0.2) is 91.1 Å². The van der Waals surface area contributed by atoms with Crippen molar-refractivity contribution < 1.29 is 34.2 Å². The largest absolute Gasteiger partial charge is 0.477 e. The molecule has 3 aliphatic heterocycles. The third-order valence-corrected chi connectivity index (χ3v) is 6.89. The van der Waals surface area contributed by atoms with Gasteiger partial charge in [0.05, 0.1) is 13.2 Å². The summed E-state index contributed by atoms with van der Waals surface area (Å²) in [6, 6.07) is -0.985. The fourth-order valence-corrected chi connectivity index (χ4v) is 5.22. The minimum atomic E-state index is -1.31. The van der Waals surface area contributed by atoms with Crippen LogP contribution in [0.25, 0.3) is 0 Å². The Kier molecular flexibility index (Phi) is 6.59. The number of rotatable bonds is 7. The molecule has 5 N–H and O–H groups in total. The predicted octanol–water partition coefficient (Wildman–Crippen LogP) is -1.25. The normalized spacial score (nSPS) is 25.8. The van der Waals surface area contributed by atoms with E-state index in [2.05, 4.69) is 19.8 Å². The van der Waals surface area contributed by atoms with Crippen LogP contribution in [0.4, 0.5) is 5.13 Å². The Labute approximate surface area is 189 Å². The summed E-state index contributed by atoms with van der Waals surface area (Å²) in [6.45, 7) is 0.487. The number of amides is 2. The van der Waals surface area contributed by atoms with E-state index in [1.165, 1.54) is 11.8 Å². The van der Waals surface area contributed by atoms with Gasteiger partial charge in [0, 0.05) is 23.9 Å². The van der Waals surface area contributed by atoms with E-state index in [-0.39, 0.29) is 39.8 Å². The second kappa shape index (κ2) is 9.40. The van der Waals surface area contributed by atoms with Gasteiger partial charge < -0.3 is 30.8 Å². The number of thioether (sulfide) groups is 1. The van der Waals surface area contributed by atoms with E-state index < -0.39 is 35.8 Å². The van der Waals surface area contributed by atoms with Crippen LogP contribution in [0.5, 0.6) is 0 Å². The number of aliphatic carboxylic acids is 1. The van der Waals surface area contributed by atoms with Gasteiger partial charge in [-0.3, -0.25) is 14.5 Å². The molecule has 13 nitrogen and oxygen atoms in total. The van der Waals surface area contributed by atoms with Crippen LogP contribution in [0.15, 0.2) is 16.4 Å². The van der Waals surface area contributed by atoms with Crippen LogP contribution in [0.2, 0.25) is 0 Å². The van der Waals surface area contributed by atoms with Crippen molar-refractivity contribution in [2.75, 3.05) is 31.3 Å². The maximum atomic E-state index is 13.0. The number of β-lactam (4-membered cyclic amide) rings is 1. The minimum Gasteiger partial charge on any atom is -0.477 e. The Hall–Kier alpha value is -2.75. The number of carbonyl (C=O) groups is 3. The number of carboxylic acid groups (broad SMARTS) is 1. The lowest BCUT2D eigenvalue weighted by Crippen LogP contribution is -2.71. The number of anilines is 1. The fraction of sp³-hybridized carbons (Fsp3) is 0.529. The molecule has 0 radical (unpaired) electrons. The van der Waals surface area contributed by atoms with Crippen molar-refractivity contribution in [1.29, 1.82) is 0 Å². The third kappa shape index (κ3) is 4.28. The number of nitrogens with one attached hydrogen (secondary N) is 1. The van der Waals surface area contributed by atoms with Crippen molar-refractivity contribution in [2.24, 2.45) is 5.16 Å². The molecular formula is C17H20N6O7S2. The Morgan fingerprint density at radius 3 is 2.88 bits per heavy atom. The summed E-state index contributed by atoms with van der Waals surface area (Å²) in [4.78, 5) is 47.7. The summed E-state index contributed by atoms with van der Waals surface area (Å²) in [5.41, 5.74) is 5.36. The number of hydrogen-bond donors (Lipinski definition) is 4. The van der Waals surface area contributed by atoms with Crippen molar-refractivity contribution in [3.8, 4) is 0 Å². The predicted molar refractivity (Wildman–Crippen MR) is 113 cm³/mol. The van der Waals surface area contributed by atoms with Gasteiger partial charge >= 0.3 is 5.97 Å². The molecule has 1 unspecified atom stereocenters. The number of carbonyl (C=O) groups excluding carboxylic acids is 2. The lowest BCUT2D eigenvalue weighted by Gasteiger charge is -2.49. The molecular weight excluding hydrogens is 464 g/mol. The molecule has 2 amide bonds. The fourth-order valence-electron chi connectivity index (χ4n) is 3.45. The number of ether oxygens (including phenoxy) is 1. The van der Waals surface area contributed by atoms with E-state index in [9.17, 15) is 24.6 Å². The van der Waals surface area contributed by atoms with E-state index in [1.54, 1.807) is 0 Å². The van der Waals surface area contributed by atoms with Crippen molar-refractivity contribution in [1.82, 2.24) is 19.6 Å². The number of carboxylic acids is 1. The molecule has 0 aliphatic carbocycles. The topological polar surface area (TPSA) is 190 Å². The number of aliphatic hydroxyl groups is 1. The monoisotopic (exact) mass is 484 g/mol. The molecule has 0 aromatic carbocycles. The van der Waals surface area contributed by atoms with Gasteiger partial charge in [0.15, 0.2) is 11.2 Å². The van der Waals surface area contributed by atoms with Crippen LogP contribution >= 0.6 is 23.3 Å². The molecule has 1 aromatic heterocycles. The third-order valence-electron chi connectivity index (χ3n) is 5.01. The molecule has 0 spiro atoms. The summed E-state index contributed by atoms with van der Waals surface area (Å²) in [6.07, 6.45) is 1.17. The molecule has 2 saturated heterocycles. The number of nitrogens with zero attached hydrogens (tertiary/aromatic N) is 4. The number of hydrogen-bond acceptors (Lipinski definition) is 12. The maximum Gasteiger partial charge on any atom is 0.352 e. The zero-order valence-corrected chi connectivity index (χ0v) is 18.2. The van der Waals surface area contributed by atoms with Crippen molar-refractivity contribution in [3.05, 3.63) is 17.1 Å². The number of oxime groups is 1. The molecule has 2 fully saturated rings. The van der Waals surface area contributed by atoms with Crippen molar-refractivity contribution >= 4 is 51.9 Å². The molecule has 32 heavy (non-hydrogen) atoms. The van der Waals surface area contributed by atoms with Gasteiger partial charge in [0.2, 0.25) is 11.5 Å². The van der Waals surface area contributed by atoms with E-state index in [0.29, 0.717) is 19.6 Å². The van der Waals surface area contributed by atoms with Gasteiger partial charge in [-0.1, -0.05) is 5.16 Å². The number of nitrogens with two attached hydrogens (primary N) is 1. The number of aromatic nitrogens is 2. The zero-order valence-electron chi connectivity index (χ0n) is 16.6. The summed E-state index contributed by atoms with van der Waals surface area (Å²) >= 11 is 2.12. The molecule has 0 bridgehead atoms. The van der Waals surface area contributed by atoms with Crippen LogP contribution in [0.3, 0.4) is 0 Å². The zero-order chi connectivity index (χ0) is 22.8. The summed E-state index contributed by atoms with van der Waals surface area (Å²) in [7, 11) is 0. The van der Waals surface area contributed by atoms with Gasteiger partial charge in [-0.15, -0.1) is 11.8 Å². The Morgan fingerprint density at radius 1 is 1.44 bits per heavy atom. The minimum absolute atomic E-state index is 0.0460. The first-order chi connectivity index (χ1) is 15.4. The number of fused-ring (bicyclic) bond motifs is 1. The summed E-state index contributed by atoms with van der Waals surface area (Å²) in [5, 5.41) is 24.8. The first-order valence-electron chi connectivity index (χ1n) is 9.63. The van der Waals surface area contributed by atoms with E-state index in [0.717, 1.165) is 22.9 Å². The highest BCUT2D eigenvalue weighted by molar-refractivity contribution is 8.00.